The summed E-state index contributed by atoms with van der Waals surface area (Å²) in [6, 6.07) is 10.8. The van der Waals surface area contributed by atoms with Crippen molar-refractivity contribution >= 4 is 9.84 Å². The first-order chi connectivity index (χ1) is 14.1. The molecule has 3 rings (SSSR count). The lowest BCUT2D eigenvalue weighted by Crippen LogP contribution is -2.44. The number of benzene rings is 2. The smallest absolute Gasteiger partial charge is 0.175 e. The fourth-order valence-electron chi connectivity index (χ4n) is 4.20. The van der Waals surface area contributed by atoms with Gasteiger partial charge in [0, 0.05) is 30.3 Å². The van der Waals surface area contributed by atoms with Crippen LogP contribution in [0.4, 0.5) is 8.78 Å². The number of likely N-dealkylation sites (tertiary alicyclic amines) is 1. The predicted octanol–water partition coefficient (Wildman–Crippen LogP) is 4.09. The Kier molecular flexibility index (Phi) is 7.26. The van der Waals surface area contributed by atoms with E-state index in [9.17, 15) is 17.2 Å². The van der Waals surface area contributed by atoms with Crippen LogP contribution in [-0.4, -0.2) is 44.7 Å². The van der Waals surface area contributed by atoms with Crippen LogP contribution in [0.3, 0.4) is 0 Å². The number of sulfone groups is 1. The van der Waals surface area contributed by atoms with Crippen LogP contribution in [0, 0.1) is 11.6 Å². The first-order valence-corrected chi connectivity index (χ1v) is 12.3. The van der Waals surface area contributed by atoms with Gasteiger partial charge in [-0.1, -0.05) is 12.1 Å². The predicted molar refractivity (Wildman–Crippen MR) is 115 cm³/mol. The standard InChI is InChI=1S/C23H30F2N2O2S/c1-16(27-11-9-21(26)10-12-27)3-8-23(18-13-19(24)15-20(25)14-18)17-4-6-22(7-5-17)30(2,28)29/h4-7,13-16,21,23H,3,8-12,26H2,1-2H3. The summed E-state index contributed by atoms with van der Waals surface area (Å²) in [5.41, 5.74) is 7.41. The maximum absolute atomic E-state index is 13.9. The van der Waals surface area contributed by atoms with Crippen LogP contribution < -0.4 is 5.73 Å². The van der Waals surface area contributed by atoms with Crippen molar-refractivity contribution in [1.82, 2.24) is 4.90 Å². The zero-order valence-corrected chi connectivity index (χ0v) is 18.3. The van der Waals surface area contributed by atoms with Gasteiger partial charge in [-0.15, -0.1) is 0 Å². The lowest BCUT2D eigenvalue weighted by atomic mass is 9.86. The highest BCUT2D eigenvalue weighted by Gasteiger charge is 2.23. The molecule has 2 N–H and O–H groups in total. The van der Waals surface area contributed by atoms with Crippen LogP contribution in [0.1, 0.15) is 49.7 Å². The Hall–Kier alpha value is -1.83. The SMILES string of the molecule is CC(CCC(c1ccc(S(C)(=O)=O)cc1)c1cc(F)cc(F)c1)N1CCC(N)CC1. The lowest BCUT2D eigenvalue weighted by Gasteiger charge is -2.35. The summed E-state index contributed by atoms with van der Waals surface area (Å²) in [6.45, 7) is 4.10. The molecular weight excluding hydrogens is 406 g/mol. The monoisotopic (exact) mass is 436 g/mol. The molecule has 1 aliphatic rings. The van der Waals surface area contributed by atoms with E-state index in [1.165, 1.54) is 12.1 Å². The second-order valence-electron chi connectivity index (χ2n) is 8.40. The van der Waals surface area contributed by atoms with Gasteiger partial charge < -0.3 is 10.6 Å². The first kappa shape index (κ1) is 22.8. The van der Waals surface area contributed by atoms with Gasteiger partial charge in [0.2, 0.25) is 0 Å². The van der Waals surface area contributed by atoms with Gasteiger partial charge in [-0.2, -0.15) is 0 Å². The number of hydrogen-bond acceptors (Lipinski definition) is 4. The van der Waals surface area contributed by atoms with Gasteiger partial charge in [0.25, 0.3) is 0 Å². The molecule has 2 aromatic carbocycles. The van der Waals surface area contributed by atoms with Crippen molar-refractivity contribution in [3.05, 3.63) is 65.2 Å². The van der Waals surface area contributed by atoms with E-state index in [1.54, 1.807) is 24.3 Å². The molecule has 2 unspecified atom stereocenters. The molecule has 2 aromatic rings. The van der Waals surface area contributed by atoms with Crippen molar-refractivity contribution < 1.29 is 17.2 Å². The van der Waals surface area contributed by atoms with Crippen molar-refractivity contribution in [3.63, 3.8) is 0 Å². The van der Waals surface area contributed by atoms with Gasteiger partial charge in [0.05, 0.1) is 4.90 Å². The fourth-order valence-corrected chi connectivity index (χ4v) is 4.83. The van der Waals surface area contributed by atoms with Gasteiger partial charge in [0.15, 0.2) is 9.84 Å². The largest absolute Gasteiger partial charge is 0.328 e. The summed E-state index contributed by atoms with van der Waals surface area (Å²) in [5.74, 6) is -1.44. The third-order valence-corrected chi connectivity index (χ3v) is 7.20. The van der Waals surface area contributed by atoms with Gasteiger partial charge in [-0.05, 0) is 81.1 Å². The minimum Gasteiger partial charge on any atom is -0.328 e. The van der Waals surface area contributed by atoms with E-state index >= 15 is 0 Å². The number of rotatable bonds is 7. The minimum atomic E-state index is -3.31. The molecule has 4 nitrogen and oxygen atoms in total. The fraction of sp³-hybridized carbons (Fsp3) is 0.478. The molecule has 0 radical (unpaired) electrons. The van der Waals surface area contributed by atoms with Gasteiger partial charge in [-0.25, -0.2) is 17.2 Å². The van der Waals surface area contributed by atoms with Crippen molar-refractivity contribution in [2.75, 3.05) is 19.3 Å². The third kappa shape index (κ3) is 5.86. The van der Waals surface area contributed by atoms with E-state index in [0.29, 0.717) is 18.0 Å². The van der Waals surface area contributed by atoms with Crippen molar-refractivity contribution in [2.24, 2.45) is 5.73 Å². The molecule has 1 saturated heterocycles. The summed E-state index contributed by atoms with van der Waals surface area (Å²) in [7, 11) is -3.31. The molecule has 0 aliphatic carbocycles. The lowest BCUT2D eigenvalue weighted by molar-refractivity contribution is 0.153. The topological polar surface area (TPSA) is 63.4 Å². The molecule has 0 saturated carbocycles. The highest BCUT2D eigenvalue weighted by atomic mass is 32.2. The van der Waals surface area contributed by atoms with Gasteiger partial charge >= 0.3 is 0 Å². The Morgan fingerprint density at radius 2 is 1.57 bits per heavy atom. The molecule has 0 spiro atoms. The molecule has 7 heteroatoms. The molecule has 164 valence electrons. The normalized spacial score (nSPS) is 18.3. The second-order valence-corrected chi connectivity index (χ2v) is 10.4. The summed E-state index contributed by atoms with van der Waals surface area (Å²) < 4.78 is 51.4. The first-order valence-electron chi connectivity index (χ1n) is 10.4. The zero-order chi connectivity index (χ0) is 21.9. The number of piperidine rings is 1. The van der Waals surface area contributed by atoms with Crippen molar-refractivity contribution in [2.45, 2.75) is 55.5 Å². The molecule has 1 aliphatic heterocycles. The Labute approximate surface area is 178 Å². The second kappa shape index (κ2) is 9.54. The molecule has 0 aromatic heterocycles. The van der Waals surface area contributed by atoms with Crippen LogP contribution in [0.2, 0.25) is 0 Å². The highest BCUT2D eigenvalue weighted by Crippen LogP contribution is 2.32. The average molecular weight is 437 g/mol. The molecule has 0 bridgehead atoms. The number of hydrogen-bond donors (Lipinski definition) is 1. The van der Waals surface area contributed by atoms with Crippen LogP contribution in [0.5, 0.6) is 0 Å². The molecular formula is C23H30F2N2O2S. The number of nitrogens with zero attached hydrogens (tertiary/aromatic N) is 1. The van der Waals surface area contributed by atoms with E-state index in [1.807, 2.05) is 0 Å². The van der Waals surface area contributed by atoms with E-state index in [0.717, 1.165) is 50.2 Å². The molecule has 1 heterocycles. The summed E-state index contributed by atoms with van der Waals surface area (Å²) in [6.07, 6.45) is 4.68. The summed E-state index contributed by atoms with van der Waals surface area (Å²) in [5, 5.41) is 0. The van der Waals surface area contributed by atoms with E-state index in [-0.39, 0.29) is 16.9 Å². The minimum absolute atomic E-state index is 0.224. The quantitative estimate of drug-likeness (QED) is 0.710. The molecule has 0 amide bonds. The van der Waals surface area contributed by atoms with Crippen molar-refractivity contribution in [3.8, 4) is 0 Å². The van der Waals surface area contributed by atoms with Gasteiger partial charge in [0.1, 0.15) is 11.6 Å². The maximum Gasteiger partial charge on any atom is 0.175 e. The van der Waals surface area contributed by atoms with Crippen LogP contribution >= 0.6 is 0 Å². The number of nitrogens with two attached hydrogens (primary N) is 1. The van der Waals surface area contributed by atoms with E-state index in [4.69, 9.17) is 5.73 Å². The highest BCUT2D eigenvalue weighted by molar-refractivity contribution is 7.90. The van der Waals surface area contributed by atoms with E-state index < -0.39 is 21.5 Å². The molecule has 2 atom stereocenters. The molecule has 1 fully saturated rings. The summed E-state index contributed by atoms with van der Waals surface area (Å²) in [4.78, 5) is 2.65. The zero-order valence-electron chi connectivity index (χ0n) is 17.5. The Morgan fingerprint density at radius 3 is 2.10 bits per heavy atom. The Balaban J connectivity index is 1.82. The summed E-state index contributed by atoms with van der Waals surface area (Å²) >= 11 is 0. The maximum atomic E-state index is 13.9. The van der Waals surface area contributed by atoms with E-state index in [2.05, 4.69) is 11.8 Å². The van der Waals surface area contributed by atoms with Crippen LogP contribution in [0.15, 0.2) is 47.4 Å². The average Bonchev–Trinajstić information content (AvgIpc) is 2.67. The third-order valence-electron chi connectivity index (χ3n) is 6.07. The van der Waals surface area contributed by atoms with Gasteiger partial charge in [-0.3, -0.25) is 0 Å². The molecule has 30 heavy (non-hydrogen) atoms. The Bertz CT molecular complexity index is 935. The van der Waals surface area contributed by atoms with Crippen LogP contribution in [0.25, 0.3) is 0 Å². The Morgan fingerprint density at radius 1 is 1.00 bits per heavy atom. The van der Waals surface area contributed by atoms with Crippen molar-refractivity contribution in [1.29, 1.82) is 0 Å². The number of halogens is 2. The van der Waals surface area contributed by atoms with Crippen LogP contribution in [-0.2, 0) is 9.84 Å².